The van der Waals surface area contributed by atoms with Crippen molar-refractivity contribution in [3.8, 4) is 12.3 Å². The highest BCUT2D eigenvalue weighted by atomic mass is 79.9. The van der Waals surface area contributed by atoms with Crippen molar-refractivity contribution in [2.75, 3.05) is 13.1 Å². The van der Waals surface area contributed by atoms with E-state index in [-0.39, 0.29) is 11.4 Å². The summed E-state index contributed by atoms with van der Waals surface area (Å²) in [6, 6.07) is 5.04. The van der Waals surface area contributed by atoms with E-state index in [1.165, 1.54) is 4.31 Å². The predicted octanol–water partition coefficient (Wildman–Crippen LogP) is 1.94. The second-order valence-corrected chi connectivity index (χ2v) is 7.67. The first-order valence-corrected chi connectivity index (χ1v) is 8.64. The van der Waals surface area contributed by atoms with Gasteiger partial charge in [-0.25, -0.2) is 8.42 Å². The Labute approximate surface area is 128 Å². The Bertz CT molecular complexity index is 633. The first-order chi connectivity index (χ1) is 9.48. The zero-order valence-corrected chi connectivity index (χ0v) is 13.5. The summed E-state index contributed by atoms with van der Waals surface area (Å²) in [4.78, 5) is 0.241. The van der Waals surface area contributed by atoms with Gasteiger partial charge in [0.15, 0.2) is 0 Å². The lowest BCUT2D eigenvalue weighted by Crippen LogP contribution is -2.33. The quantitative estimate of drug-likeness (QED) is 0.792. The molecule has 1 aliphatic carbocycles. The molecule has 2 rings (SSSR count). The van der Waals surface area contributed by atoms with Crippen LogP contribution in [0.15, 0.2) is 27.6 Å². The van der Waals surface area contributed by atoms with Crippen LogP contribution in [0.1, 0.15) is 18.4 Å². The lowest BCUT2D eigenvalue weighted by Gasteiger charge is -2.20. The fraction of sp³-hybridized carbons (Fsp3) is 0.429. The Kier molecular flexibility index (Phi) is 4.86. The molecule has 2 N–H and O–H groups in total. The van der Waals surface area contributed by atoms with Gasteiger partial charge in [-0.1, -0.05) is 12.0 Å². The van der Waals surface area contributed by atoms with Crippen molar-refractivity contribution in [2.45, 2.75) is 24.3 Å². The molecule has 0 bridgehead atoms. The van der Waals surface area contributed by atoms with E-state index in [2.05, 4.69) is 21.9 Å². The number of sulfonamides is 1. The number of benzene rings is 1. The van der Waals surface area contributed by atoms with Gasteiger partial charge in [-0.15, -0.1) is 6.42 Å². The Balaban J connectivity index is 2.33. The van der Waals surface area contributed by atoms with Gasteiger partial charge in [-0.2, -0.15) is 4.31 Å². The summed E-state index contributed by atoms with van der Waals surface area (Å²) in [5, 5.41) is 0. The number of terminal acetylenes is 1. The third-order valence-corrected chi connectivity index (χ3v) is 6.06. The smallest absolute Gasteiger partial charge is 0.245 e. The fourth-order valence-corrected chi connectivity index (χ4v) is 4.47. The number of hydrogen-bond acceptors (Lipinski definition) is 3. The van der Waals surface area contributed by atoms with Crippen LogP contribution < -0.4 is 5.73 Å². The molecule has 1 fully saturated rings. The maximum atomic E-state index is 12.7. The number of nitrogens with two attached hydrogens (primary N) is 1. The van der Waals surface area contributed by atoms with Crippen LogP contribution in [0.4, 0.5) is 0 Å². The standard InChI is InChI=1S/C14H17BrN2O2S/c1-2-7-17(10-11-3-4-11)20(18,19)14-6-5-12(9-16)8-13(14)15/h1,5-6,8,11H,3-4,7,9-10,16H2. The Morgan fingerprint density at radius 1 is 1.45 bits per heavy atom. The summed E-state index contributed by atoms with van der Waals surface area (Å²) >= 11 is 3.31. The highest BCUT2D eigenvalue weighted by molar-refractivity contribution is 9.10. The molecule has 6 heteroatoms. The monoisotopic (exact) mass is 356 g/mol. The largest absolute Gasteiger partial charge is 0.326 e. The molecule has 0 heterocycles. The van der Waals surface area contributed by atoms with E-state index in [4.69, 9.17) is 12.2 Å². The summed E-state index contributed by atoms with van der Waals surface area (Å²) in [6.45, 7) is 0.969. The second-order valence-electron chi connectivity index (χ2n) is 4.91. The molecule has 108 valence electrons. The van der Waals surface area contributed by atoms with E-state index in [1.54, 1.807) is 18.2 Å². The van der Waals surface area contributed by atoms with Gasteiger partial charge in [0.2, 0.25) is 10.0 Å². The average Bonchev–Trinajstić information content (AvgIpc) is 3.21. The van der Waals surface area contributed by atoms with Gasteiger partial charge in [0.25, 0.3) is 0 Å². The highest BCUT2D eigenvalue weighted by Gasteiger charge is 2.32. The topological polar surface area (TPSA) is 63.4 Å². The minimum atomic E-state index is -3.57. The maximum Gasteiger partial charge on any atom is 0.245 e. The predicted molar refractivity (Wildman–Crippen MR) is 82.3 cm³/mol. The molecule has 0 saturated heterocycles. The van der Waals surface area contributed by atoms with Gasteiger partial charge in [0, 0.05) is 17.6 Å². The lowest BCUT2D eigenvalue weighted by atomic mass is 10.2. The van der Waals surface area contributed by atoms with Crippen LogP contribution in [0.2, 0.25) is 0 Å². The third kappa shape index (κ3) is 3.41. The minimum absolute atomic E-state index is 0.101. The number of hydrogen-bond donors (Lipinski definition) is 1. The van der Waals surface area contributed by atoms with E-state index >= 15 is 0 Å². The third-order valence-electron chi connectivity index (χ3n) is 3.28. The molecular formula is C14H17BrN2O2S. The Hall–Kier alpha value is -0.870. The molecule has 1 aromatic carbocycles. The Morgan fingerprint density at radius 3 is 2.65 bits per heavy atom. The molecule has 1 aliphatic rings. The van der Waals surface area contributed by atoms with Gasteiger partial charge < -0.3 is 5.73 Å². The number of rotatable bonds is 6. The molecule has 20 heavy (non-hydrogen) atoms. The van der Waals surface area contributed by atoms with Crippen LogP contribution in [-0.4, -0.2) is 25.8 Å². The molecule has 0 spiro atoms. The van der Waals surface area contributed by atoms with Crippen LogP contribution in [-0.2, 0) is 16.6 Å². The summed E-state index contributed by atoms with van der Waals surface area (Å²) in [7, 11) is -3.57. The van der Waals surface area contributed by atoms with E-state index in [0.29, 0.717) is 23.5 Å². The van der Waals surface area contributed by atoms with Gasteiger partial charge in [-0.05, 0) is 52.4 Å². The second kappa shape index (κ2) is 6.27. The Morgan fingerprint density at radius 2 is 2.15 bits per heavy atom. The zero-order valence-electron chi connectivity index (χ0n) is 11.0. The summed E-state index contributed by atoms with van der Waals surface area (Å²) in [5.41, 5.74) is 6.43. The van der Waals surface area contributed by atoms with E-state index in [1.807, 2.05) is 0 Å². The van der Waals surface area contributed by atoms with Crippen LogP contribution in [0, 0.1) is 18.3 Å². The fourth-order valence-electron chi connectivity index (χ4n) is 1.96. The molecule has 0 radical (unpaired) electrons. The van der Waals surface area contributed by atoms with Crippen molar-refractivity contribution in [3.63, 3.8) is 0 Å². The molecular weight excluding hydrogens is 340 g/mol. The van der Waals surface area contributed by atoms with E-state index < -0.39 is 10.0 Å². The van der Waals surface area contributed by atoms with Gasteiger partial charge in [0.1, 0.15) is 0 Å². The van der Waals surface area contributed by atoms with Crippen molar-refractivity contribution in [3.05, 3.63) is 28.2 Å². The number of halogens is 1. The molecule has 0 amide bonds. The molecule has 4 nitrogen and oxygen atoms in total. The molecule has 0 atom stereocenters. The van der Waals surface area contributed by atoms with Crippen molar-refractivity contribution in [2.24, 2.45) is 11.7 Å². The highest BCUT2D eigenvalue weighted by Crippen LogP contribution is 2.33. The van der Waals surface area contributed by atoms with Crippen molar-refractivity contribution >= 4 is 26.0 Å². The van der Waals surface area contributed by atoms with Gasteiger partial charge >= 0.3 is 0 Å². The first kappa shape index (κ1) is 15.5. The molecule has 0 unspecified atom stereocenters. The van der Waals surface area contributed by atoms with Crippen LogP contribution >= 0.6 is 15.9 Å². The van der Waals surface area contributed by atoms with Gasteiger partial charge in [-0.3, -0.25) is 0 Å². The number of nitrogens with zero attached hydrogens (tertiary/aromatic N) is 1. The van der Waals surface area contributed by atoms with Crippen LogP contribution in [0.3, 0.4) is 0 Å². The van der Waals surface area contributed by atoms with E-state index in [9.17, 15) is 8.42 Å². The molecule has 0 aliphatic heterocycles. The van der Waals surface area contributed by atoms with Crippen LogP contribution in [0.5, 0.6) is 0 Å². The van der Waals surface area contributed by atoms with Crippen LogP contribution in [0.25, 0.3) is 0 Å². The zero-order chi connectivity index (χ0) is 14.8. The van der Waals surface area contributed by atoms with Crippen molar-refractivity contribution < 1.29 is 8.42 Å². The summed E-state index contributed by atoms with van der Waals surface area (Å²) in [5.74, 6) is 2.87. The lowest BCUT2D eigenvalue weighted by molar-refractivity contribution is 0.430. The molecule has 1 saturated carbocycles. The van der Waals surface area contributed by atoms with E-state index in [0.717, 1.165) is 18.4 Å². The van der Waals surface area contributed by atoms with Crippen molar-refractivity contribution in [1.82, 2.24) is 4.31 Å². The molecule has 1 aromatic rings. The maximum absolute atomic E-state index is 12.7. The minimum Gasteiger partial charge on any atom is -0.326 e. The average molecular weight is 357 g/mol. The first-order valence-electron chi connectivity index (χ1n) is 6.41. The SMILES string of the molecule is C#CCN(CC1CC1)S(=O)(=O)c1ccc(CN)cc1Br. The van der Waals surface area contributed by atoms with Gasteiger partial charge in [0.05, 0.1) is 11.4 Å². The summed E-state index contributed by atoms with van der Waals surface area (Å²) in [6.07, 6.45) is 7.45. The van der Waals surface area contributed by atoms with Crippen molar-refractivity contribution in [1.29, 1.82) is 0 Å². The molecule has 0 aromatic heterocycles. The normalized spacial score (nSPS) is 15.3. The summed E-state index contributed by atoms with van der Waals surface area (Å²) < 4.78 is 27.3.